The summed E-state index contributed by atoms with van der Waals surface area (Å²) in [5.74, 6) is -2.22. The molecule has 10 nitrogen and oxygen atoms in total. The van der Waals surface area contributed by atoms with Crippen molar-refractivity contribution >= 4 is 23.8 Å². The van der Waals surface area contributed by atoms with Crippen LogP contribution in [0.3, 0.4) is 0 Å². The number of anilines is 1. The van der Waals surface area contributed by atoms with Crippen LogP contribution in [0.4, 0.5) is 10.6 Å². The first-order chi connectivity index (χ1) is 16.4. The number of hydrogen-bond donors (Lipinski definition) is 4. The molecule has 0 saturated heterocycles. The number of aryl methyl sites for hydroxylation is 1. The zero-order valence-electron chi connectivity index (χ0n) is 18.4. The monoisotopic (exact) mass is 464 g/mol. The summed E-state index contributed by atoms with van der Waals surface area (Å²) in [6, 6.07) is 14.6. The van der Waals surface area contributed by atoms with E-state index in [1.54, 1.807) is 7.05 Å². The molecule has 4 N–H and O–H groups in total. The first-order valence-corrected chi connectivity index (χ1v) is 10.7. The zero-order chi connectivity index (χ0) is 24.2. The Morgan fingerprint density at radius 2 is 1.71 bits per heavy atom. The van der Waals surface area contributed by atoms with Crippen LogP contribution in [0.15, 0.2) is 54.7 Å². The molecule has 0 unspecified atom stereocenters. The number of rotatable bonds is 8. The van der Waals surface area contributed by atoms with Crippen LogP contribution in [0, 0.1) is 0 Å². The number of benzene rings is 2. The number of carbonyl (C=O) groups excluding carboxylic acids is 2. The number of carbonyl (C=O) groups is 3. The molecule has 2 aromatic carbocycles. The predicted molar refractivity (Wildman–Crippen MR) is 122 cm³/mol. The number of amides is 2. The molecule has 0 aliphatic heterocycles. The number of aliphatic hydroxyl groups excluding tert-OH is 1. The third-order valence-electron chi connectivity index (χ3n) is 5.66. The standard InChI is InChI=1S/C24H24N4O6/c1-28-12-18(22(30)25-20(10-11-29)23(31)32)21(27-28)26-24(33)34-13-19-16-8-4-2-6-14(16)15-7-3-5-9-17(15)19/h2-9,12,19-20,29H,10-11,13H2,1H3,(H,25,30)(H,31,32)(H,26,27,33)/t20-/m0/s1. The Hall–Kier alpha value is -4.18. The van der Waals surface area contributed by atoms with Crippen LogP contribution < -0.4 is 10.6 Å². The average Bonchev–Trinajstić information content (AvgIpc) is 3.34. The number of carboxylic acids is 1. The van der Waals surface area contributed by atoms with E-state index in [4.69, 9.17) is 9.84 Å². The van der Waals surface area contributed by atoms with Gasteiger partial charge in [-0.25, -0.2) is 9.59 Å². The van der Waals surface area contributed by atoms with E-state index in [1.165, 1.54) is 10.9 Å². The lowest BCUT2D eigenvalue weighted by Crippen LogP contribution is -2.41. The second kappa shape index (κ2) is 9.75. The molecule has 0 spiro atoms. The van der Waals surface area contributed by atoms with Crippen molar-refractivity contribution in [3.63, 3.8) is 0 Å². The molecule has 34 heavy (non-hydrogen) atoms. The number of aliphatic hydroxyl groups is 1. The topological polar surface area (TPSA) is 143 Å². The van der Waals surface area contributed by atoms with Crippen molar-refractivity contribution in [1.29, 1.82) is 0 Å². The van der Waals surface area contributed by atoms with E-state index in [2.05, 4.69) is 15.7 Å². The summed E-state index contributed by atoms with van der Waals surface area (Å²) in [5.41, 5.74) is 4.31. The number of nitrogens with one attached hydrogen (secondary N) is 2. The molecule has 0 saturated carbocycles. The number of hydrogen-bond acceptors (Lipinski definition) is 6. The Balaban J connectivity index is 1.45. The molecule has 176 valence electrons. The number of nitrogens with zero attached hydrogens (tertiary/aromatic N) is 2. The molecule has 0 radical (unpaired) electrons. The molecule has 10 heteroatoms. The number of fused-ring (bicyclic) bond motifs is 3. The van der Waals surface area contributed by atoms with E-state index in [1.807, 2.05) is 48.5 Å². The maximum Gasteiger partial charge on any atom is 0.412 e. The summed E-state index contributed by atoms with van der Waals surface area (Å²) in [4.78, 5) is 36.4. The first-order valence-electron chi connectivity index (χ1n) is 10.7. The minimum atomic E-state index is -1.28. The molecule has 1 atom stereocenters. The van der Waals surface area contributed by atoms with E-state index in [0.717, 1.165) is 22.3 Å². The highest BCUT2D eigenvalue weighted by Gasteiger charge is 2.29. The SMILES string of the molecule is Cn1cc(C(=O)N[C@@H](CCO)C(=O)O)c(NC(=O)OCC2c3ccccc3-c3ccccc32)n1. The van der Waals surface area contributed by atoms with Crippen molar-refractivity contribution in [2.24, 2.45) is 7.05 Å². The van der Waals surface area contributed by atoms with E-state index >= 15 is 0 Å². The number of aliphatic carboxylic acids is 1. The summed E-state index contributed by atoms with van der Waals surface area (Å²) in [5, 5.41) is 27.1. The molecule has 2 amide bonds. The Labute approximate surface area is 195 Å². The molecule has 1 aliphatic carbocycles. The Kier molecular flexibility index (Phi) is 6.60. The average molecular weight is 464 g/mol. The molecule has 4 rings (SSSR count). The summed E-state index contributed by atoms with van der Waals surface area (Å²) >= 11 is 0. The molecule has 0 bridgehead atoms. The van der Waals surface area contributed by atoms with Crippen molar-refractivity contribution < 1.29 is 29.3 Å². The van der Waals surface area contributed by atoms with Crippen LogP contribution in [0.5, 0.6) is 0 Å². The van der Waals surface area contributed by atoms with Crippen molar-refractivity contribution in [3.05, 3.63) is 71.4 Å². The van der Waals surface area contributed by atoms with Crippen LogP contribution in [0.2, 0.25) is 0 Å². The zero-order valence-corrected chi connectivity index (χ0v) is 18.4. The lowest BCUT2D eigenvalue weighted by atomic mass is 9.98. The Morgan fingerprint density at radius 1 is 1.09 bits per heavy atom. The minimum absolute atomic E-state index is 0.0276. The van der Waals surface area contributed by atoms with Gasteiger partial charge in [0.05, 0.1) is 0 Å². The van der Waals surface area contributed by atoms with E-state index in [0.29, 0.717) is 0 Å². The second-order valence-corrected chi connectivity index (χ2v) is 7.89. The number of ether oxygens (including phenoxy) is 1. The molecule has 1 aliphatic rings. The first kappa shape index (κ1) is 23.0. The molecule has 0 fully saturated rings. The highest BCUT2D eigenvalue weighted by atomic mass is 16.5. The molecule has 1 aromatic heterocycles. The van der Waals surface area contributed by atoms with Crippen molar-refractivity contribution in [3.8, 4) is 11.1 Å². The van der Waals surface area contributed by atoms with Crippen molar-refractivity contribution in [2.45, 2.75) is 18.4 Å². The van der Waals surface area contributed by atoms with Crippen molar-refractivity contribution in [2.75, 3.05) is 18.5 Å². The van der Waals surface area contributed by atoms with Crippen LogP contribution >= 0.6 is 0 Å². The largest absolute Gasteiger partial charge is 0.480 e. The van der Waals surface area contributed by atoms with Gasteiger partial charge in [-0.05, 0) is 22.3 Å². The normalized spacial score (nSPS) is 13.0. The van der Waals surface area contributed by atoms with Gasteiger partial charge in [-0.15, -0.1) is 0 Å². The van der Waals surface area contributed by atoms with Crippen LogP contribution in [0.25, 0.3) is 11.1 Å². The molecule has 3 aromatic rings. The fourth-order valence-corrected chi connectivity index (χ4v) is 4.10. The van der Waals surface area contributed by atoms with Crippen LogP contribution in [-0.4, -0.2) is 57.2 Å². The van der Waals surface area contributed by atoms with Crippen LogP contribution in [-0.2, 0) is 16.6 Å². The van der Waals surface area contributed by atoms with Crippen LogP contribution in [0.1, 0.15) is 33.8 Å². The van der Waals surface area contributed by atoms with Gasteiger partial charge in [0.15, 0.2) is 5.82 Å². The predicted octanol–water partition coefficient (Wildman–Crippen LogP) is 2.35. The number of carboxylic acid groups (broad SMARTS) is 1. The summed E-state index contributed by atoms with van der Waals surface area (Å²) < 4.78 is 6.80. The summed E-state index contributed by atoms with van der Waals surface area (Å²) in [6.07, 6.45) is 0.405. The molecular formula is C24H24N4O6. The fourth-order valence-electron chi connectivity index (χ4n) is 4.10. The van der Waals surface area contributed by atoms with Gasteiger partial charge in [0.2, 0.25) is 0 Å². The lowest BCUT2D eigenvalue weighted by Gasteiger charge is -2.15. The highest BCUT2D eigenvalue weighted by molar-refractivity contribution is 6.02. The third kappa shape index (κ3) is 4.62. The Morgan fingerprint density at radius 3 is 2.29 bits per heavy atom. The van der Waals surface area contributed by atoms with Gasteiger partial charge in [0.1, 0.15) is 18.2 Å². The smallest absolute Gasteiger partial charge is 0.412 e. The van der Waals surface area contributed by atoms with Gasteiger partial charge in [-0.1, -0.05) is 48.5 Å². The van der Waals surface area contributed by atoms with E-state index in [-0.39, 0.29) is 30.3 Å². The van der Waals surface area contributed by atoms with Gasteiger partial charge < -0.3 is 20.3 Å². The van der Waals surface area contributed by atoms with Gasteiger partial charge >= 0.3 is 12.1 Å². The summed E-state index contributed by atoms with van der Waals surface area (Å²) in [6.45, 7) is -0.318. The maximum atomic E-state index is 12.6. The van der Waals surface area contributed by atoms with Gasteiger partial charge in [0.25, 0.3) is 5.91 Å². The van der Waals surface area contributed by atoms with E-state index in [9.17, 15) is 19.5 Å². The maximum absolute atomic E-state index is 12.6. The van der Waals surface area contributed by atoms with Gasteiger partial charge in [-0.2, -0.15) is 5.10 Å². The minimum Gasteiger partial charge on any atom is -0.480 e. The Bertz CT molecular complexity index is 1190. The van der Waals surface area contributed by atoms with Gasteiger partial charge in [0, 0.05) is 32.2 Å². The third-order valence-corrected chi connectivity index (χ3v) is 5.66. The van der Waals surface area contributed by atoms with Gasteiger partial charge in [-0.3, -0.25) is 14.8 Å². The second-order valence-electron chi connectivity index (χ2n) is 7.89. The highest BCUT2D eigenvalue weighted by Crippen LogP contribution is 2.44. The molecule has 1 heterocycles. The lowest BCUT2D eigenvalue weighted by molar-refractivity contribution is -0.139. The number of aromatic nitrogens is 2. The quantitative estimate of drug-likeness (QED) is 0.401. The fraction of sp³-hybridized carbons (Fsp3) is 0.250. The summed E-state index contributed by atoms with van der Waals surface area (Å²) in [7, 11) is 1.56. The van der Waals surface area contributed by atoms with E-state index < -0.39 is 30.6 Å². The molecular weight excluding hydrogens is 440 g/mol. The van der Waals surface area contributed by atoms with Crippen molar-refractivity contribution in [1.82, 2.24) is 15.1 Å².